The van der Waals surface area contributed by atoms with Gasteiger partial charge in [-0.3, -0.25) is 0 Å². The van der Waals surface area contributed by atoms with Crippen LogP contribution in [0.15, 0.2) is 30.3 Å². The molecule has 0 saturated carbocycles. The molecule has 0 heterocycles. The quantitative estimate of drug-likeness (QED) is 0.673. The highest BCUT2D eigenvalue weighted by atomic mass is 35.5. The fraction of sp³-hybridized carbons (Fsp3) is 0.409. The molecular formula is C22H25ClFNO3. The molecule has 0 fully saturated rings. The lowest BCUT2D eigenvalue weighted by molar-refractivity contribution is 0.0391. The van der Waals surface area contributed by atoms with Crippen molar-refractivity contribution < 1.29 is 18.7 Å². The number of carbonyl (C=O) groups excluding carboxylic acids is 1. The van der Waals surface area contributed by atoms with Crippen LogP contribution >= 0.6 is 11.6 Å². The zero-order valence-corrected chi connectivity index (χ0v) is 17.3. The average Bonchev–Trinajstić information content (AvgIpc) is 2.81. The summed E-state index contributed by atoms with van der Waals surface area (Å²) in [5.74, 6) is 0.557. The maximum absolute atomic E-state index is 15.0. The summed E-state index contributed by atoms with van der Waals surface area (Å²) in [7, 11) is 0. The van der Waals surface area contributed by atoms with Crippen LogP contribution in [0.3, 0.4) is 0 Å². The van der Waals surface area contributed by atoms with Crippen molar-refractivity contribution in [3.05, 3.63) is 52.3 Å². The summed E-state index contributed by atoms with van der Waals surface area (Å²) < 4.78 is 26.1. The first-order valence-corrected chi connectivity index (χ1v) is 9.67. The SMILES string of the molecule is CC(C)COc1cc(Cl)cc(-c2cc3c(cc2F)[C@H](OC(N)=O)C(C)(C)C3)c1. The third-order valence-corrected chi connectivity index (χ3v) is 5.09. The minimum atomic E-state index is -0.864. The van der Waals surface area contributed by atoms with E-state index in [9.17, 15) is 4.79 Å². The van der Waals surface area contributed by atoms with E-state index in [1.54, 1.807) is 24.3 Å². The van der Waals surface area contributed by atoms with Gasteiger partial charge in [0.1, 0.15) is 17.7 Å². The molecule has 0 bridgehead atoms. The first kappa shape index (κ1) is 20.5. The number of hydrogen-bond donors (Lipinski definition) is 1. The lowest BCUT2D eigenvalue weighted by Crippen LogP contribution is -2.25. The minimum Gasteiger partial charge on any atom is -0.493 e. The van der Waals surface area contributed by atoms with Gasteiger partial charge in [-0.1, -0.05) is 39.3 Å². The molecule has 0 aromatic heterocycles. The highest BCUT2D eigenvalue weighted by Gasteiger charge is 2.42. The fourth-order valence-electron chi connectivity index (χ4n) is 3.66. The normalized spacial score (nSPS) is 17.5. The zero-order valence-electron chi connectivity index (χ0n) is 16.5. The second-order valence-corrected chi connectivity index (χ2v) is 8.83. The highest BCUT2D eigenvalue weighted by molar-refractivity contribution is 6.31. The molecule has 0 aliphatic heterocycles. The van der Waals surface area contributed by atoms with Gasteiger partial charge in [0.15, 0.2) is 0 Å². The summed E-state index contributed by atoms with van der Waals surface area (Å²) in [6, 6.07) is 8.46. The minimum absolute atomic E-state index is 0.364. The van der Waals surface area contributed by atoms with Crippen LogP contribution in [0.4, 0.5) is 9.18 Å². The molecule has 0 saturated heterocycles. The van der Waals surface area contributed by atoms with Gasteiger partial charge in [-0.05, 0) is 59.4 Å². The number of rotatable bonds is 5. The highest BCUT2D eigenvalue weighted by Crippen LogP contribution is 2.49. The maximum atomic E-state index is 15.0. The van der Waals surface area contributed by atoms with Crippen molar-refractivity contribution in [2.75, 3.05) is 6.61 Å². The number of nitrogens with two attached hydrogens (primary N) is 1. The number of amides is 1. The number of fused-ring (bicyclic) bond motifs is 1. The standard InChI is InChI=1S/C22H25ClFNO3/c1-12(2)11-27-16-6-13(5-15(23)8-16)17-7-14-10-22(3,4)20(28-21(25)26)18(14)9-19(17)24/h5-9,12,20H,10-11H2,1-4H3,(H2,25,26)/t20-/m0/s1. The van der Waals surface area contributed by atoms with Crippen molar-refractivity contribution in [3.8, 4) is 16.9 Å². The Labute approximate surface area is 169 Å². The van der Waals surface area contributed by atoms with Crippen LogP contribution in [-0.2, 0) is 11.2 Å². The molecule has 1 aliphatic rings. The first-order chi connectivity index (χ1) is 13.1. The van der Waals surface area contributed by atoms with Crippen LogP contribution < -0.4 is 10.5 Å². The van der Waals surface area contributed by atoms with Crippen molar-refractivity contribution in [2.45, 2.75) is 40.2 Å². The molecule has 1 atom stereocenters. The summed E-state index contributed by atoms with van der Waals surface area (Å²) in [6.45, 7) is 8.59. The second kappa shape index (κ2) is 7.63. The molecule has 1 aliphatic carbocycles. The largest absolute Gasteiger partial charge is 0.493 e. The number of benzene rings is 2. The smallest absolute Gasteiger partial charge is 0.405 e. The van der Waals surface area contributed by atoms with Gasteiger partial charge in [0.05, 0.1) is 6.61 Å². The monoisotopic (exact) mass is 405 g/mol. The molecule has 4 nitrogen and oxygen atoms in total. The number of primary amides is 1. The second-order valence-electron chi connectivity index (χ2n) is 8.39. The van der Waals surface area contributed by atoms with E-state index >= 15 is 4.39 Å². The summed E-state index contributed by atoms with van der Waals surface area (Å²) in [4.78, 5) is 11.3. The lowest BCUT2D eigenvalue weighted by atomic mass is 9.87. The Morgan fingerprint density at radius 1 is 1.29 bits per heavy atom. The maximum Gasteiger partial charge on any atom is 0.405 e. The van der Waals surface area contributed by atoms with Crippen molar-refractivity contribution in [2.24, 2.45) is 17.1 Å². The molecule has 150 valence electrons. The summed E-state index contributed by atoms with van der Waals surface area (Å²) in [5, 5.41) is 0.478. The van der Waals surface area contributed by atoms with E-state index in [2.05, 4.69) is 13.8 Å². The van der Waals surface area contributed by atoms with Crippen LogP contribution in [0.1, 0.15) is 44.9 Å². The Balaban J connectivity index is 2.01. The summed E-state index contributed by atoms with van der Waals surface area (Å²) in [6.07, 6.45) is -0.796. The van der Waals surface area contributed by atoms with E-state index in [1.807, 2.05) is 13.8 Å². The van der Waals surface area contributed by atoms with E-state index in [4.69, 9.17) is 26.8 Å². The molecule has 2 aromatic rings. The number of hydrogen-bond acceptors (Lipinski definition) is 3. The third kappa shape index (κ3) is 4.25. The van der Waals surface area contributed by atoms with Crippen LogP contribution in [-0.4, -0.2) is 12.7 Å². The van der Waals surface area contributed by atoms with Crippen molar-refractivity contribution in [1.82, 2.24) is 0 Å². The summed E-state index contributed by atoms with van der Waals surface area (Å²) in [5.41, 5.74) is 7.50. The Morgan fingerprint density at radius 3 is 2.64 bits per heavy atom. The Kier molecular flexibility index (Phi) is 5.57. The van der Waals surface area contributed by atoms with Gasteiger partial charge in [-0.15, -0.1) is 0 Å². The van der Waals surface area contributed by atoms with Gasteiger partial charge < -0.3 is 15.2 Å². The molecular weight excluding hydrogens is 381 g/mol. The molecule has 3 rings (SSSR count). The molecule has 28 heavy (non-hydrogen) atoms. The number of halogens is 2. The predicted molar refractivity (Wildman–Crippen MR) is 108 cm³/mol. The molecule has 0 unspecified atom stereocenters. The molecule has 1 amide bonds. The van der Waals surface area contributed by atoms with E-state index < -0.39 is 18.0 Å². The van der Waals surface area contributed by atoms with Gasteiger partial charge in [0, 0.05) is 16.0 Å². The molecule has 2 aromatic carbocycles. The van der Waals surface area contributed by atoms with E-state index in [0.29, 0.717) is 46.4 Å². The molecule has 2 N–H and O–H groups in total. The lowest BCUT2D eigenvalue weighted by Gasteiger charge is -2.26. The van der Waals surface area contributed by atoms with Crippen LogP contribution in [0.2, 0.25) is 5.02 Å². The first-order valence-electron chi connectivity index (χ1n) is 9.29. The number of ether oxygens (including phenoxy) is 2. The zero-order chi connectivity index (χ0) is 20.6. The summed E-state index contributed by atoms with van der Waals surface area (Å²) >= 11 is 6.24. The van der Waals surface area contributed by atoms with E-state index in [1.165, 1.54) is 6.07 Å². The van der Waals surface area contributed by atoms with Crippen LogP contribution in [0.25, 0.3) is 11.1 Å². The third-order valence-electron chi connectivity index (χ3n) is 4.87. The topological polar surface area (TPSA) is 61.6 Å². The van der Waals surface area contributed by atoms with Crippen LogP contribution in [0.5, 0.6) is 5.75 Å². The van der Waals surface area contributed by atoms with Crippen molar-refractivity contribution in [1.29, 1.82) is 0 Å². The molecule has 0 spiro atoms. The van der Waals surface area contributed by atoms with E-state index in [-0.39, 0.29) is 5.41 Å². The van der Waals surface area contributed by atoms with Gasteiger partial charge in [-0.25, -0.2) is 9.18 Å². The molecule has 0 radical (unpaired) electrons. The Hall–Kier alpha value is -2.27. The van der Waals surface area contributed by atoms with Crippen molar-refractivity contribution in [3.63, 3.8) is 0 Å². The predicted octanol–water partition coefficient (Wildman–Crippen LogP) is 5.90. The fourth-order valence-corrected chi connectivity index (χ4v) is 3.89. The Morgan fingerprint density at radius 2 is 2.00 bits per heavy atom. The van der Waals surface area contributed by atoms with Crippen LogP contribution in [0, 0.1) is 17.2 Å². The van der Waals surface area contributed by atoms with Crippen molar-refractivity contribution >= 4 is 17.7 Å². The number of carbonyl (C=O) groups is 1. The Bertz CT molecular complexity index is 911. The van der Waals surface area contributed by atoms with Gasteiger partial charge in [-0.2, -0.15) is 0 Å². The molecule has 6 heteroatoms. The van der Waals surface area contributed by atoms with Gasteiger partial charge in [0.25, 0.3) is 0 Å². The van der Waals surface area contributed by atoms with Gasteiger partial charge in [0.2, 0.25) is 0 Å². The van der Waals surface area contributed by atoms with E-state index in [0.717, 1.165) is 5.56 Å². The average molecular weight is 406 g/mol. The van der Waals surface area contributed by atoms with Gasteiger partial charge >= 0.3 is 6.09 Å².